The SMILES string of the molecule is O=C(C[NH+]1CCN(c2cccc[nH+]2)CC1)Nc1ccccc1C(F)(F)F. The summed E-state index contributed by atoms with van der Waals surface area (Å²) in [7, 11) is 0. The molecule has 0 atom stereocenters. The number of H-pyrrole nitrogens is 1. The molecule has 2 aromatic rings. The van der Waals surface area contributed by atoms with Gasteiger partial charge >= 0.3 is 6.18 Å². The van der Waals surface area contributed by atoms with E-state index in [0.717, 1.165) is 43.0 Å². The number of benzene rings is 1. The van der Waals surface area contributed by atoms with Crippen LogP contribution in [0.4, 0.5) is 24.7 Å². The van der Waals surface area contributed by atoms with Crippen LogP contribution >= 0.6 is 0 Å². The topological polar surface area (TPSA) is 50.9 Å². The number of quaternary nitrogens is 1. The van der Waals surface area contributed by atoms with Gasteiger partial charge in [-0.05, 0) is 18.2 Å². The minimum Gasteiger partial charge on any atom is -0.321 e. The zero-order chi connectivity index (χ0) is 18.6. The van der Waals surface area contributed by atoms with Crippen LogP contribution in [0.5, 0.6) is 0 Å². The first kappa shape index (κ1) is 18.2. The van der Waals surface area contributed by atoms with Crippen LogP contribution in [0.1, 0.15) is 5.56 Å². The van der Waals surface area contributed by atoms with Gasteiger partial charge in [-0.2, -0.15) is 13.2 Å². The molecule has 1 aliphatic rings. The molecule has 0 bridgehead atoms. The van der Waals surface area contributed by atoms with Crippen molar-refractivity contribution in [1.29, 1.82) is 0 Å². The molecular weight excluding hydrogens is 345 g/mol. The van der Waals surface area contributed by atoms with E-state index in [2.05, 4.69) is 15.2 Å². The van der Waals surface area contributed by atoms with Crippen LogP contribution in [0.3, 0.4) is 0 Å². The fourth-order valence-electron chi connectivity index (χ4n) is 3.08. The van der Waals surface area contributed by atoms with E-state index in [-0.39, 0.29) is 12.2 Å². The molecule has 0 aliphatic carbocycles. The quantitative estimate of drug-likeness (QED) is 0.844. The number of nitrogens with zero attached hydrogens (tertiary/aromatic N) is 1. The van der Waals surface area contributed by atoms with E-state index < -0.39 is 17.6 Å². The summed E-state index contributed by atoms with van der Waals surface area (Å²) in [6.45, 7) is 3.21. The molecule has 1 aromatic heterocycles. The number of halogens is 3. The van der Waals surface area contributed by atoms with E-state index in [4.69, 9.17) is 0 Å². The van der Waals surface area contributed by atoms with Crippen molar-refractivity contribution in [3.05, 3.63) is 54.2 Å². The van der Waals surface area contributed by atoms with E-state index in [1.165, 1.54) is 18.2 Å². The molecule has 1 saturated heterocycles. The van der Waals surface area contributed by atoms with Crippen LogP contribution in [0.25, 0.3) is 0 Å². The second-order valence-corrected chi connectivity index (χ2v) is 6.25. The van der Waals surface area contributed by atoms with Gasteiger partial charge < -0.3 is 10.2 Å². The number of hydrogen-bond donors (Lipinski definition) is 2. The molecule has 1 amide bonds. The Hall–Kier alpha value is -2.61. The van der Waals surface area contributed by atoms with Crippen LogP contribution in [0.15, 0.2) is 48.7 Å². The van der Waals surface area contributed by atoms with Gasteiger partial charge in [0.15, 0.2) is 6.54 Å². The highest BCUT2D eigenvalue weighted by molar-refractivity contribution is 5.92. The minimum absolute atomic E-state index is 0.151. The number of carbonyl (C=O) groups excluding carboxylic acids is 1. The monoisotopic (exact) mass is 366 g/mol. The van der Waals surface area contributed by atoms with Gasteiger partial charge in [0, 0.05) is 6.07 Å². The number of nitrogens with one attached hydrogen (secondary N) is 3. The molecule has 0 spiro atoms. The Balaban J connectivity index is 1.54. The highest BCUT2D eigenvalue weighted by Gasteiger charge is 2.34. The average Bonchev–Trinajstić information content (AvgIpc) is 2.62. The summed E-state index contributed by atoms with van der Waals surface area (Å²) >= 11 is 0. The van der Waals surface area contributed by atoms with Crippen molar-refractivity contribution < 1.29 is 27.8 Å². The lowest BCUT2D eigenvalue weighted by Crippen LogP contribution is -3.15. The van der Waals surface area contributed by atoms with Crippen LogP contribution < -0.4 is 20.1 Å². The normalized spacial score (nSPS) is 15.7. The van der Waals surface area contributed by atoms with E-state index in [1.54, 1.807) is 0 Å². The Labute approximate surface area is 149 Å². The summed E-state index contributed by atoms with van der Waals surface area (Å²) in [4.78, 5) is 18.6. The summed E-state index contributed by atoms with van der Waals surface area (Å²) in [5, 5.41) is 2.41. The number of aromatic amines is 1. The van der Waals surface area contributed by atoms with Gasteiger partial charge in [0.25, 0.3) is 11.7 Å². The maximum Gasteiger partial charge on any atom is 0.418 e. The Morgan fingerprint density at radius 2 is 1.81 bits per heavy atom. The first-order chi connectivity index (χ1) is 12.4. The number of pyridine rings is 1. The van der Waals surface area contributed by atoms with Gasteiger partial charge in [-0.25, -0.2) is 4.98 Å². The predicted octanol–water partition coefficient (Wildman–Crippen LogP) is 0.863. The molecule has 138 valence electrons. The number of rotatable bonds is 4. The highest BCUT2D eigenvalue weighted by atomic mass is 19.4. The van der Waals surface area contributed by atoms with Crippen molar-refractivity contribution in [3.8, 4) is 0 Å². The predicted molar refractivity (Wildman–Crippen MR) is 90.8 cm³/mol. The Morgan fingerprint density at radius 3 is 2.46 bits per heavy atom. The van der Waals surface area contributed by atoms with Gasteiger partial charge in [0.2, 0.25) is 0 Å². The number of piperazine rings is 1. The molecule has 1 aliphatic heterocycles. The Bertz CT molecular complexity index is 744. The van der Waals surface area contributed by atoms with Crippen molar-refractivity contribution in [2.45, 2.75) is 6.18 Å². The van der Waals surface area contributed by atoms with E-state index in [0.29, 0.717) is 0 Å². The largest absolute Gasteiger partial charge is 0.418 e. The smallest absolute Gasteiger partial charge is 0.321 e. The van der Waals surface area contributed by atoms with Crippen molar-refractivity contribution in [2.24, 2.45) is 0 Å². The molecule has 2 heterocycles. The van der Waals surface area contributed by atoms with Crippen LogP contribution in [-0.2, 0) is 11.0 Å². The lowest BCUT2D eigenvalue weighted by atomic mass is 10.1. The number of amides is 1. The maximum absolute atomic E-state index is 13.0. The number of para-hydroxylation sites is 1. The summed E-state index contributed by atoms with van der Waals surface area (Å²) in [6, 6.07) is 10.9. The summed E-state index contributed by atoms with van der Waals surface area (Å²) in [5.74, 6) is 0.617. The minimum atomic E-state index is -4.49. The third-order valence-corrected chi connectivity index (χ3v) is 4.42. The van der Waals surface area contributed by atoms with Gasteiger partial charge in [0.05, 0.1) is 17.4 Å². The molecule has 3 rings (SSSR count). The second kappa shape index (κ2) is 7.74. The summed E-state index contributed by atoms with van der Waals surface area (Å²) < 4.78 is 39.0. The van der Waals surface area contributed by atoms with E-state index >= 15 is 0 Å². The van der Waals surface area contributed by atoms with Crippen molar-refractivity contribution in [1.82, 2.24) is 0 Å². The lowest BCUT2D eigenvalue weighted by Gasteiger charge is -2.28. The van der Waals surface area contributed by atoms with Crippen molar-refractivity contribution >= 4 is 17.4 Å². The lowest BCUT2D eigenvalue weighted by molar-refractivity contribution is -0.892. The molecule has 1 aromatic carbocycles. The fourth-order valence-corrected chi connectivity index (χ4v) is 3.08. The van der Waals surface area contributed by atoms with Crippen LogP contribution in [0.2, 0.25) is 0 Å². The number of aromatic nitrogens is 1. The molecule has 8 heteroatoms. The zero-order valence-electron chi connectivity index (χ0n) is 14.1. The molecular formula is C18H21F3N4O+2. The average molecular weight is 366 g/mol. The van der Waals surface area contributed by atoms with Crippen LogP contribution in [0, 0.1) is 0 Å². The second-order valence-electron chi connectivity index (χ2n) is 6.25. The molecule has 3 N–H and O–H groups in total. The Morgan fingerprint density at radius 1 is 1.12 bits per heavy atom. The summed E-state index contributed by atoms with van der Waals surface area (Å²) in [6.07, 6.45) is -2.63. The van der Waals surface area contributed by atoms with Gasteiger partial charge in [-0.1, -0.05) is 18.2 Å². The molecule has 0 unspecified atom stereocenters. The van der Waals surface area contributed by atoms with Gasteiger partial charge in [-0.15, -0.1) is 0 Å². The molecule has 0 radical (unpaired) electrons. The molecule has 5 nitrogen and oxygen atoms in total. The molecule has 26 heavy (non-hydrogen) atoms. The highest BCUT2D eigenvalue weighted by Crippen LogP contribution is 2.34. The van der Waals surface area contributed by atoms with E-state index in [9.17, 15) is 18.0 Å². The number of alkyl halides is 3. The van der Waals surface area contributed by atoms with Crippen molar-refractivity contribution in [2.75, 3.05) is 42.9 Å². The summed E-state index contributed by atoms with van der Waals surface area (Å²) in [5.41, 5.74) is -1.02. The number of hydrogen-bond acceptors (Lipinski definition) is 2. The first-order valence-electron chi connectivity index (χ1n) is 8.45. The molecule has 0 saturated carbocycles. The van der Waals surface area contributed by atoms with Gasteiger partial charge in [-0.3, -0.25) is 9.69 Å². The van der Waals surface area contributed by atoms with E-state index in [1.807, 2.05) is 24.4 Å². The third kappa shape index (κ3) is 4.51. The third-order valence-electron chi connectivity index (χ3n) is 4.42. The molecule has 1 fully saturated rings. The Kier molecular flexibility index (Phi) is 5.41. The number of anilines is 2. The number of carbonyl (C=O) groups is 1. The fraction of sp³-hybridized carbons (Fsp3) is 0.333. The zero-order valence-corrected chi connectivity index (χ0v) is 14.1. The standard InChI is InChI=1S/C18H19F3N4O/c19-18(20,21)14-5-1-2-6-15(14)23-17(26)13-24-9-11-25(12-10-24)16-7-3-4-8-22-16/h1-8H,9-13H2,(H,23,26)/p+2. The van der Waals surface area contributed by atoms with Gasteiger partial charge in [0.1, 0.15) is 26.2 Å². The van der Waals surface area contributed by atoms with Crippen molar-refractivity contribution in [3.63, 3.8) is 0 Å². The van der Waals surface area contributed by atoms with Crippen LogP contribution in [-0.4, -0.2) is 38.6 Å². The first-order valence-corrected chi connectivity index (χ1v) is 8.45. The maximum atomic E-state index is 13.0.